The molecule has 1 aromatic heterocycles. The van der Waals surface area contributed by atoms with Crippen molar-refractivity contribution in [3.05, 3.63) is 66.2 Å². The Bertz CT molecular complexity index is 916. The largest absolute Gasteiger partial charge is 0.350 e. The lowest BCUT2D eigenvalue weighted by atomic mass is 10.0. The van der Waals surface area contributed by atoms with Gasteiger partial charge in [-0.2, -0.15) is 0 Å². The van der Waals surface area contributed by atoms with E-state index in [0.717, 1.165) is 18.3 Å². The van der Waals surface area contributed by atoms with E-state index in [-0.39, 0.29) is 30.0 Å². The highest BCUT2D eigenvalue weighted by atomic mass is 127. The molecule has 3 rings (SSSR count). The first-order valence-electron chi connectivity index (χ1n) is 9.52. The summed E-state index contributed by atoms with van der Waals surface area (Å²) in [5, 5.41) is 9.36. The second-order valence-electron chi connectivity index (χ2n) is 7.29. The van der Waals surface area contributed by atoms with Crippen molar-refractivity contribution in [2.24, 2.45) is 10.9 Å². The van der Waals surface area contributed by atoms with Gasteiger partial charge in [-0.15, -0.1) is 24.0 Å². The average molecular weight is 491 g/mol. The third kappa shape index (κ3) is 5.70. The summed E-state index contributed by atoms with van der Waals surface area (Å²) in [6.45, 7) is 8.18. The number of nitrogens with zero attached hydrogens (tertiary/aromatic N) is 3. The topological polar surface area (TPSA) is 54.2 Å². The summed E-state index contributed by atoms with van der Waals surface area (Å²) < 4.78 is 2.19. The SMILES string of the molecule is CN=C(NCc1nccn1CC(C)C)NC(C)c1ccc2ccccc2c1.I. The van der Waals surface area contributed by atoms with Crippen LogP contribution in [0.15, 0.2) is 59.9 Å². The van der Waals surface area contributed by atoms with Crippen molar-refractivity contribution in [3.8, 4) is 0 Å². The van der Waals surface area contributed by atoms with Crippen LogP contribution in [0.4, 0.5) is 0 Å². The van der Waals surface area contributed by atoms with Gasteiger partial charge in [-0.3, -0.25) is 4.99 Å². The van der Waals surface area contributed by atoms with Crippen LogP contribution in [0.25, 0.3) is 10.8 Å². The molecule has 0 amide bonds. The van der Waals surface area contributed by atoms with Gasteiger partial charge >= 0.3 is 0 Å². The molecule has 5 nitrogen and oxygen atoms in total. The minimum absolute atomic E-state index is 0. The Hall–Kier alpha value is -2.09. The van der Waals surface area contributed by atoms with Gasteiger partial charge in [-0.1, -0.05) is 50.2 Å². The van der Waals surface area contributed by atoms with Crippen molar-refractivity contribution in [2.45, 2.75) is 39.9 Å². The summed E-state index contributed by atoms with van der Waals surface area (Å²) in [6, 6.07) is 15.1. The molecule has 6 heteroatoms. The maximum absolute atomic E-state index is 4.46. The predicted molar refractivity (Wildman–Crippen MR) is 128 cm³/mol. The van der Waals surface area contributed by atoms with Crippen molar-refractivity contribution in [3.63, 3.8) is 0 Å². The van der Waals surface area contributed by atoms with E-state index in [1.54, 1.807) is 7.05 Å². The molecule has 3 aromatic rings. The summed E-state index contributed by atoms with van der Waals surface area (Å²) in [5.74, 6) is 2.38. The van der Waals surface area contributed by atoms with Crippen LogP contribution in [0.3, 0.4) is 0 Å². The number of rotatable bonds is 6. The maximum Gasteiger partial charge on any atom is 0.191 e. The molecule has 0 aliphatic heterocycles. The molecule has 0 aliphatic rings. The zero-order valence-electron chi connectivity index (χ0n) is 17.0. The predicted octanol–water partition coefficient (Wildman–Crippen LogP) is 4.74. The van der Waals surface area contributed by atoms with Gasteiger partial charge in [0.1, 0.15) is 5.82 Å². The van der Waals surface area contributed by atoms with Crippen LogP contribution in [0.2, 0.25) is 0 Å². The number of benzene rings is 2. The molecule has 2 aromatic carbocycles. The maximum atomic E-state index is 4.46. The van der Waals surface area contributed by atoms with Gasteiger partial charge in [-0.25, -0.2) is 4.98 Å². The van der Waals surface area contributed by atoms with E-state index in [9.17, 15) is 0 Å². The summed E-state index contributed by atoms with van der Waals surface area (Å²) in [6.07, 6.45) is 3.89. The Balaban J connectivity index is 0.00000280. The fraction of sp³-hybridized carbons (Fsp3) is 0.364. The van der Waals surface area contributed by atoms with Crippen LogP contribution in [-0.4, -0.2) is 22.6 Å². The molecule has 1 unspecified atom stereocenters. The standard InChI is InChI=1S/C22H29N5.HI/c1-16(2)15-27-12-11-24-21(27)14-25-22(23-4)26-17(3)19-10-9-18-7-5-6-8-20(18)13-19;/h5-13,16-17H,14-15H2,1-4H3,(H2,23,25,26);1H. The minimum atomic E-state index is 0. The first kappa shape index (κ1) is 22.2. The number of guanidine groups is 1. The van der Waals surface area contributed by atoms with Crippen molar-refractivity contribution >= 4 is 40.7 Å². The smallest absolute Gasteiger partial charge is 0.191 e. The number of aromatic nitrogens is 2. The van der Waals surface area contributed by atoms with Crippen LogP contribution in [0.5, 0.6) is 0 Å². The number of aliphatic imine (C=N–C) groups is 1. The molecule has 0 saturated carbocycles. The number of fused-ring (bicyclic) bond motifs is 1. The first-order valence-corrected chi connectivity index (χ1v) is 9.52. The highest BCUT2D eigenvalue weighted by molar-refractivity contribution is 14.0. The van der Waals surface area contributed by atoms with Crippen molar-refractivity contribution in [1.82, 2.24) is 20.2 Å². The number of imidazole rings is 1. The van der Waals surface area contributed by atoms with Crippen LogP contribution in [0, 0.1) is 5.92 Å². The van der Waals surface area contributed by atoms with E-state index in [1.165, 1.54) is 16.3 Å². The van der Waals surface area contributed by atoms with Crippen LogP contribution in [0.1, 0.15) is 38.2 Å². The lowest BCUT2D eigenvalue weighted by Gasteiger charge is -2.19. The summed E-state index contributed by atoms with van der Waals surface area (Å²) >= 11 is 0. The monoisotopic (exact) mass is 491 g/mol. The molecule has 0 fully saturated rings. The summed E-state index contributed by atoms with van der Waals surface area (Å²) in [7, 11) is 1.79. The van der Waals surface area contributed by atoms with Crippen molar-refractivity contribution < 1.29 is 0 Å². The zero-order valence-corrected chi connectivity index (χ0v) is 19.3. The van der Waals surface area contributed by atoms with Gasteiger partial charge < -0.3 is 15.2 Å². The third-order valence-corrected chi connectivity index (χ3v) is 4.63. The molecule has 150 valence electrons. The van der Waals surface area contributed by atoms with Gasteiger partial charge in [0, 0.05) is 26.0 Å². The highest BCUT2D eigenvalue weighted by Gasteiger charge is 2.10. The second kappa shape index (κ2) is 10.5. The van der Waals surface area contributed by atoms with Gasteiger partial charge in [0.05, 0.1) is 12.6 Å². The highest BCUT2D eigenvalue weighted by Crippen LogP contribution is 2.20. The molecule has 1 heterocycles. The lowest BCUT2D eigenvalue weighted by Crippen LogP contribution is -2.38. The summed E-state index contributed by atoms with van der Waals surface area (Å²) in [4.78, 5) is 8.83. The number of hydrogen-bond acceptors (Lipinski definition) is 2. The van der Waals surface area contributed by atoms with Crippen molar-refractivity contribution in [1.29, 1.82) is 0 Å². The van der Waals surface area contributed by atoms with Crippen LogP contribution >= 0.6 is 24.0 Å². The Kier molecular flexibility index (Phi) is 8.29. The molecular weight excluding hydrogens is 461 g/mol. The molecule has 0 radical (unpaired) electrons. The molecule has 0 bridgehead atoms. The van der Waals surface area contributed by atoms with Gasteiger partial charge in [0.15, 0.2) is 5.96 Å². The lowest BCUT2D eigenvalue weighted by molar-refractivity contribution is 0.503. The number of halogens is 1. The third-order valence-electron chi connectivity index (χ3n) is 4.63. The Morgan fingerprint density at radius 2 is 1.86 bits per heavy atom. The molecular formula is C22H30IN5. The number of nitrogens with one attached hydrogen (secondary N) is 2. The Morgan fingerprint density at radius 1 is 1.11 bits per heavy atom. The van der Waals surface area contributed by atoms with Gasteiger partial charge in [0.2, 0.25) is 0 Å². The molecule has 2 N–H and O–H groups in total. The molecule has 0 aliphatic carbocycles. The van der Waals surface area contributed by atoms with Crippen molar-refractivity contribution in [2.75, 3.05) is 7.05 Å². The molecule has 1 atom stereocenters. The van der Waals surface area contributed by atoms with Crippen LogP contribution in [-0.2, 0) is 13.1 Å². The molecule has 0 spiro atoms. The van der Waals surface area contributed by atoms with Gasteiger partial charge in [0.25, 0.3) is 0 Å². The zero-order chi connectivity index (χ0) is 19.2. The Labute approximate surface area is 184 Å². The fourth-order valence-electron chi connectivity index (χ4n) is 3.19. The van der Waals surface area contributed by atoms with E-state index in [2.05, 4.69) is 88.4 Å². The number of hydrogen-bond donors (Lipinski definition) is 2. The minimum Gasteiger partial charge on any atom is -0.350 e. The normalized spacial score (nSPS) is 12.7. The average Bonchev–Trinajstić information content (AvgIpc) is 3.10. The van der Waals surface area contributed by atoms with E-state index < -0.39 is 0 Å². The van der Waals surface area contributed by atoms with Crippen LogP contribution < -0.4 is 10.6 Å². The quantitative estimate of drug-likeness (QED) is 0.298. The summed E-state index contributed by atoms with van der Waals surface area (Å²) in [5.41, 5.74) is 1.23. The molecule has 0 saturated heterocycles. The van der Waals surface area contributed by atoms with E-state index in [1.807, 2.05) is 12.4 Å². The first-order chi connectivity index (χ1) is 13.1. The molecule has 28 heavy (non-hydrogen) atoms. The van der Waals surface area contributed by atoms with E-state index in [4.69, 9.17) is 0 Å². The Morgan fingerprint density at radius 3 is 2.57 bits per heavy atom. The second-order valence-corrected chi connectivity index (χ2v) is 7.29. The van der Waals surface area contributed by atoms with Gasteiger partial charge in [-0.05, 0) is 35.2 Å². The fourth-order valence-corrected chi connectivity index (χ4v) is 3.19. The van der Waals surface area contributed by atoms with E-state index >= 15 is 0 Å². The van der Waals surface area contributed by atoms with E-state index in [0.29, 0.717) is 12.5 Å².